The molecule has 0 heterocycles. The zero-order valence-electron chi connectivity index (χ0n) is 12.1. The molecule has 4 nitrogen and oxygen atoms in total. The van der Waals surface area contributed by atoms with E-state index in [1.54, 1.807) is 12.1 Å². The summed E-state index contributed by atoms with van der Waals surface area (Å²) in [6.45, 7) is 5.84. The molecule has 0 unspecified atom stereocenters. The van der Waals surface area contributed by atoms with Crippen LogP contribution in [0.2, 0.25) is 0 Å². The Balaban J connectivity index is 2.02. The molecule has 22 heavy (non-hydrogen) atoms. The summed E-state index contributed by atoms with van der Waals surface area (Å²) in [6.07, 6.45) is 0. The predicted molar refractivity (Wildman–Crippen MR) is 94.4 cm³/mol. The first kappa shape index (κ1) is 15.7. The van der Waals surface area contributed by atoms with Gasteiger partial charge in [-0.3, -0.25) is 0 Å². The van der Waals surface area contributed by atoms with Gasteiger partial charge in [0.15, 0.2) is 5.11 Å². The van der Waals surface area contributed by atoms with E-state index in [0.29, 0.717) is 10.8 Å². The van der Waals surface area contributed by atoms with E-state index in [2.05, 4.69) is 17.2 Å². The minimum absolute atomic E-state index is 0.207. The minimum Gasteiger partial charge on any atom is -0.478 e. The largest absolute Gasteiger partial charge is 0.478 e. The molecule has 0 bridgehead atoms. The fraction of sp³-hybridized carbons (Fsp3) is 0.0588. The van der Waals surface area contributed by atoms with Crippen LogP contribution in [0.25, 0.3) is 5.57 Å². The van der Waals surface area contributed by atoms with E-state index in [-0.39, 0.29) is 5.56 Å². The number of nitrogens with one attached hydrogen (secondary N) is 2. The van der Waals surface area contributed by atoms with Crippen LogP contribution in [-0.4, -0.2) is 16.2 Å². The maximum atomic E-state index is 10.9. The second-order valence-electron chi connectivity index (χ2n) is 4.82. The summed E-state index contributed by atoms with van der Waals surface area (Å²) in [6, 6.07) is 14.2. The van der Waals surface area contributed by atoms with Crippen molar-refractivity contribution in [1.29, 1.82) is 0 Å². The van der Waals surface area contributed by atoms with Gasteiger partial charge in [-0.05, 0) is 55.0 Å². The van der Waals surface area contributed by atoms with Crippen LogP contribution in [0.4, 0.5) is 11.4 Å². The predicted octanol–water partition coefficient (Wildman–Crippen LogP) is 4.23. The van der Waals surface area contributed by atoms with Gasteiger partial charge in [-0.2, -0.15) is 0 Å². The molecule has 0 atom stereocenters. The van der Waals surface area contributed by atoms with Crippen LogP contribution in [0.3, 0.4) is 0 Å². The first-order valence-corrected chi connectivity index (χ1v) is 7.04. The molecule has 0 aliphatic carbocycles. The van der Waals surface area contributed by atoms with Crippen molar-refractivity contribution < 1.29 is 9.90 Å². The summed E-state index contributed by atoms with van der Waals surface area (Å²) in [4.78, 5) is 10.9. The van der Waals surface area contributed by atoms with E-state index in [0.717, 1.165) is 16.8 Å². The Morgan fingerprint density at radius 2 is 1.68 bits per heavy atom. The number of carboxylic acid groups (broad SMARTS) is 1. The summed E-state index contributed by atoms with van der Waals surface area (Å²) in [5.41, 5.74) is 3.74. The van der Waals surface area contributed by atoms with Crippen molar-refractivity contribution in [3.63, 3.8) is 0 Å². The number of thiocarbonyl (C=S) groups is 1. The zero-order valence-corrected chi connectivity index (χ0v) is 12.9. The molecule has 0 amide bonds. The number of allylic oxidation sites excluding steroid dienone is 1. The van der Waals surface area contributed by atoms with Gasteiger partial charge in [0.25, 0.3) is 0 Å². The zero-order chi connectivity index (χ0) is 16.1. The van der Waals surface area contributed by atoms with Crippen molar-refractivity contribution in [1.82, 2.24) is 0 Å². The Hall–Kier alpha value is -2.66. The van der Waals surface area contributed by atoms with E-state index in [9.17, 15) is 4.79 Å². The van der Waals surface area contributed by atoms with Crippen molar-refractivity contribution in [2.24, 2.45) is 0 Å². The maximum Gasteiger partial charge on any atom is 0.335 e. The molecular formula is C17H16N2O2S. The van der Waals surface area contributed by atoms with Crippen LogP contribution in [-0.2, 0) is 0 Å². The summed E-state index contributed by atoms with van der Waals surface area (Å²) in [5.74, 6) is -0.974. The monoisotopic (exact) mass is 312 g/mol. The maximum absolute atomic E-state index is 10.9. The van der Waals surface area contributed by atoms with Crippen LogP contribution in [0, 0.1) is 0 Å². The molecule has 2 aromatic carbocycles. The van der Waals surface area contributed by atoms with Crippen LogP contribution >= 0.6 is 12.2 Å². The molecule has 0 radical (unpaired) electrons. The SMILES string of the molecule is C=C(C)c1ccc(NC(=S)Nc2cccc(C(=O)O)c2)cc1. The smallest absolute Gasteiger partial charge is 0.335 e. The number of hydrogen-bond acceptors (Lipinski definition) is 2. The molecule has 2 rings (SSSR count). The van der Waals surface area contributed by atoms with Crippen molar-refractivity contribution in [2.45, 2.75) is 6.92 Å². The van der Waals surface area contributed by atoms with Crippen molar-refractivity contribution >= 4 is 40.2 Å². The Labute approximate surface area is 134 Å². The second kappa shape index (κ2) is 6.87. The van der Waals surface area contributed by atoms with Gasteiger partial charge in [-0.15, -0.1) is 0 Å². The highest BCUT2D eigenvalue weighted by molar-refractivity contribution is 7.80. The van der Waals surface area contributed by atoms with Crippen molar-refractivity contribution in [2.75, 3.05) is 10.6 Å². The number of rotatable bonds is 4. The normalized spacial score (nSPS) is 9.86. The van der Waals surface area contributed by atoms with E-state index in [1.165, 1.54) is 12.1 Å². The molecule has 0 spiro atoms. The molecule has 0 saturated heterocycles. The van der Waals surface area contributed by atoms with E-state index in [1.807, 2.05) is 31.2 Å². The Kier molecular flexibility index (Phi) is 4.91. The second-order valence-corrected chi connectivity index (χ2v) is 5.23. The van der Waals surface area contributed by atoms with Crippen LogP contribution in [0.15, 0.2) is 55.1 Å². The molecule has 0 aliphatic rings. The molecule has 3 N–H and O–H groups in total. The number of carboxylic acids is 1. The van der Waals surface area contributed by atoms with Gasteiger partial charge in [-0.25, -0.2) is 4.79 Å². The van der Waals surface area contributed by atoms with Crippen molar-refractivity contribution in [3.05, 3.63) is 66.2 Å². The van der Waals surface area contributed by atoms with Gasteiger partial charge in [0.05, 0.1) is 5.56 Å². The van der Waals surface area contributed by atoms with Crippen LogP contribution in [0.1, 0.15) is 22.8 Å². The fourth-order valence-corrected chi connectivity index (χ4v) is 2.10. The topological polar surface area (TPSA) is 61.4 Å². The van der Waals surface area contributed by atoms with E-state index >= 15 is 0 Å². The highest BCUT2D eigenvalue weighted by atomic mass is 32.1. The van der Waals surface area contributed by atoms with E-state index < -0.39 is 5.97 Å². The molecule has 0 fully saturated rings. The van der Waals surface area contributed by atoms with Crippen LogP contribution < -0.4 is 10.6 Å². The minimum atomic E-state index is -0.974. The fourth-order valence-electron chi connectivity index (χ4n) is 1.86. The Bertz CT molecular complexity index is 724. The lowest BCUT2D eigenvalue weighted by Gasteiger charge is -2.11. The van der Waals surface area contributed by atoms with Gasteiger partial charge >= 0.3 is 5.97 Å². The first-order chi connectivity index (χ1) is 10.5. The quantitative estimate of drug-likeness (QED) is 0.738. The highest BCUT2D eigenvalue weighted by Crippen LogP contribution is 2.16. The number of benzene rings is 2. The van der Waals surface area contributed by atoms with Crippen LogP contribution in [0.5, 0.6) is 0 Å². The summed E-state index contributed by atoms with van der Waals surface area (Å²) < 4.78 is 0. The lowest BCUT2D eigenvalue weighted by molar-refractivity contribution is 0.0697. The van der Waals surface area contributed by atoms with Gasteiger partial charge in [0, 0.05) is 11.4 Å². The average Bonchev–Trinajstić information content (AvgIpc) is 2.47. The standard InChI is InChI=1S/C17H16N2O2S/c1-11(2)12-6-8-14(9-7-12)18-17(22)19-15-5-3-4-13(10-15)16(20)21/h3-10H,1H2,2H3,(H,20,21)(H2,18,19,22). The lowest BCUT2D eigenvalue weighted by atomic mass is 10.1. The highest BCUT2D eigenvalue weighted by Gasteiger charge is 2.04. The Morgan fingerprint density at radius 3 is 2.27 bits per heavy atom. The molecule has 112 valence electrons. The Morgan fingerprint density at radius 1 is 1.05 bits per heavy atom. The van der Waals surface area contributed by atoms with Gasteiger partial charge in [0.2, 0.25) is 0 Å². The van der Waals surface area contributed by atoms with Gasteiger partial charge in [-0.1, -0.05) is 30.4 Å². The van der Waals surface area contributed by atoms with Gasteiger partial charge < -0.3 is 15.7 Å². The number of aromatic carboxylic acids is 1. The summed E-state index contributed by atoms with van der Waals surface area (Å²) in [5, 5.41) is 15.4. The number of carbonyl (C=O) groups is 1. The molecule has 0 saturated carbocycles. The third kappa shape index (κ3) is 4.17. The molecule has 2 aromatic rings. The average molecular weight is 312 g/mol. The summed E-state index contributed by atoms with van der Waals surface area (Å²) in [7, 11) is 0. The lowest BCUT2D eigenvalue weighted by Crippen LogP contribution is -2.19. The van der Waals surface area contributed by atoms with Crippen molar-refractivity contribution in [3.8, 4) is 0 Å². The first-order valence-electron chi connectivity index (χ1n) is 6.63. The molecule has 0 aliphatic heterocycles. The summed E-state index contributed by atoms with van der Waals surface area (Å²) >= 11 is 5.22. The number of anilines is 2. The van der Waals surface area contributed by atoms with Gasteiger partial charge in [0.1, 0.15) is 0 Å². The molecular weight excluding hydrogens is 296 g/mol. The third-order valence-electron chi connectivity index (χ3n) is 3.00. The third-order valence-corrected chi connectivity index (χ3v) is 3.21. The molecule has 5 heteroatoms. The van der Waals surface area contributed by atoms with E-state index in [4.69, 9.17) is 17.3 Å². The number of hydrogen-bond donors (Lipinski definition) is 3. The molecule has 0 aromatic heterocycles.